The van der Waals surface area contributed by atoms with Crippen molar-refractivity contribution in [1.29, 1.82) is 0 Å². The summed E-state index contributed by atoms with van der Waals surface area (Å²) in [6, 6.07) is 6.75. The number of amides is 1. The molecule has 1 aromatic carbocycles. The summed E-state index contributed by atoms with van der Waals surface area (Å²) in [7, 11) is 4.71. The molecule has 1 aliphatic carbocycles. The third-order valence-corrected chi connectivity index (χ3v) is 14.7. The van der Waals surface area contributed by atoms with E-state index in [-0.39, 0.29) is 61.6 Å². The summed E-state index contributed by atoms with van der Waals surface area (Å²) >= 11 is 0. The van der Waals surface area contributed by atoms with Gasteiger partial charge in [0.15, 0.2) is 5.78 Å². The van der Waals surface area contributed by atoms with Crippen LogP contribution in [0.1, 0.15) is 99.3 Å². The van der Waals surface area contributed by atoms with E-state index in [9.17, 15) is 34.5 Å². The molecule has 1 amide bonds. The fourth-order valence-corrected chi connectivity index (χ4v) is 10.8. The summed E-state index contributed by atoms with van der Waals surface area (Å²) in [5, 5.41) is 34.4. The van der Waals surface area contributed by atoms with Crippen molar-refractivity contribution in [2.75, 3.05) is 34.5 Å². The van der Waals surface area contributed by atoms with E-state index >= 15 is 0 Å². The minimum Gasteiger partial charge on any atom is -0.512 e. The van der Waals surface area contributed by atoms with E-state index < -0.39 is 71.7 Å². The van der Waals surface area contributed by atoms with E-state index in [1.165, 1.54) is 20.3 Å². The fourth-order valence-electron chi connectivity index (χ4n) is 10.8. The van der Waals surface area contributed by atoms with Crippen molar-refractivity contribution in [2.24, 2.45) is 29.6 Å². The summed E-state index contributed by atoms with van der Waals surface area (Å²) in [5.41, 5.74) is 2.56. The van der Waals surface area contributed by atoms with Gasteiger partial charge in [-0.2, -0.15) is 0 Å². The standard InChI is InChI=1S/C52H74N2O13/c1-10-36-23-30(2)22-31(3)24-45(63-8)48-46(64-9)26-33(5)52(61,67-48)49(58)50(59)54-18-11-12-39(54)51(60)66-47(34(6)41(56)29-42(36)57)32(4)25-35-13-16-43(44(27-35)62-7)65-38-15-14-37-17-19-53(20-21-55)40(37)28-38/h14-15,17,19,23,25,28-29,31,33-36,39,43-48,55-56,61H,10-13,16,18,20-22,24,26-27H2,1-9H3/b30-23+,32-25+,41-29-. The van der Waals surface area contributed by atoms with Crippen molar-refractivity contribution in [3.63, 3.8) is 0 Å². The van der Waals surface area contributed by atoms with Gasteiger partial charge in [-0.1, -0.05) is 45.4 Å². The Hall–Kier alpha value is -4.38. The molecule has 4 heterocycles. The Labute approximate surface area is 395 Å². The van der Waals surface area contributed by atoms with Gasteiger partial charge in [0.2, 0.25) is 5.79 Å². The number of aromatic nitrogens is 1. The summed E-state index contributed by atoms with van der Waals surface area (Å²) in [6.07, 6.45) is 7.79. The number of carbonyl (C=O) groups is 4. The minimum atomic E-state index is -2.52. The van der Waals surface area contributed by atoms with Crippen molar-refractivity contribution >= 4 is 34.3 Å². The molecule has 0 spiro atoms. The fraction of sp³-hybridized carbons (Fsp3) is 0.654. The van der Waals surface area contributed by atoms with Crippen LogP contribution in [-0.2, 0) is 49.4 Å². The molecular formula is C52H74N2O13. The van der Waals surface area contributed by atoms with Crippen LogP contribution in [0, 0.1) is 29.6 Å². The average molecular weight is 935 g/mol. The lowest BCUT2D eigenvalue weighted by Gasteiger charge is -2.46. The maximum atomic E-state index is 14.4. The normalized spacial score (nSPS) is 36.1. The number of cyclic esters (lactones) is 1. The predicted octanol–water partition coefficient (Wildman–Crippen LogP) is 6.81. The number of aliphatic hydroxyl groups is 3. The molecule has 3 aliphatic heterocycles. The van der Waals surface area contributed by atoms with Crippen LogP contribution < -0.4 is 4.74 Å². The number of ketones is 2. The van der Waals surface area contributed by atoms with Gasteiger partial charge in [-0.25, -0.2) is 4.79 Å². The zero-order chi connectivity index (χ0) is 48.7. The van der Waals surface area contributed by atoms with Gasteiger partial charge in [-0.3, -0.25) is 14.4 Å². The Morgan fingerprint density at radius 2 is 1.66 bits per heavy atom. The number of carbonyl (C=O) groups excluding carboxylic acids is 4. The molecule has 0 radical (unpaired) electrons. The van der Waals surface area contributed by atoms with Gasteiger partial charge in [-0.05, 0) is 113 Å². The second kappa shape index (κ2) is 22.8. The largest absolute Gasteiger partial charge is 0.512 e. The van der Waals surface area contributed by atoms with Gasteiger partial charge in [0, 0.05) is 64.6 Å². The van der Waals surface area contributed by atoms with Crippen molar-refractivity contribution < 1.29 is 62.9 Å². The first-order chi connectivity index (χ1) is 32.0. The van der Waals surface area contributed by atoms with Gasteiger partial charge in [0.1, 0.15) is 35.9 Å². The molecule has 4 aliphatic rings. The van der Waals surface area contributed by atoms with Gasteiger partial charge >= 0.3 is 5.97 Å². The number of aliphatic hydroxyl groups excluding tert-OH is 2. The molecule has 2 aromatic rings. The Morgan fingerprint density at radius 3 is 2.34 bits per heavy atom. The first-order valence-electron chi connectivity index (χ1n) is 24.2. The molecule has 370 valence electrons. The molecule has 2 saturated heterocycles. The average Bonchev–Trinajstić information content (AvgIpc) is 3.97. The van der Waals surface area contributed by atoms with E-state index in [0.717, 1.165) is 27.8 Å². The lowest BCUT2D eigenvalue weighted by atomic mass is 9.82. The number of Topliss-reactive ketones (excluding diaryl/α,β-unsaturated/α-hetero) is 1. The number of esters is 1. The Bertz CT molecular complexity index is 2160. The highest BCUT2D eigenvalue weighted by Crippen LogP contribution is 2.40. The zero-order valence-corrected chi connectivity index (χ0v) is 40.9. The van der Waals surface area contributed by atoms with E-state index in [2.05, 4.69) is 0 Å². The lowest BCUT2D eigenvalue weighted by molar-refractivity contribution is -0.302. The lowest BCUT2D eigenvalue weighted by Crippen LogP contribution is -2.63. The highest BCUT2D eigenvalue weighted by molar-refractivity contribution is 6.39. The third-order valence-electron chi connectivity index (χ3n) is 14.7. The number of methoxy groups -OCH3 is 3. The predicted molar refractivity (Wildman–Crippen MR) is 251 cm³/mol. The van der Waals surface area contributed by atoms with Crippen LogP contribution in [0.3, 0.4) is 0 Å². The molecule has 1 saturated carbocycles. The van der Waals surface area contributed by atoms with Crippen molar-refractivity contribution in [3.05, 3.63) is 65.6 Å². The van der Waals surface area contributed by atoms with Crippen molar-refractivity contribution in [2.45, 2.75) is 154 Å². The molecule has 3 N–H and O–H groups in total. The molecule has 15 heteroatoms. The van der Waals surface area contributed by atoms with Crippen molar-refractivity contribution in [3.8, 4) is 5.75 Å². The molecule has 67 heavy (non-hydrogen) atoms. The number of hydrogen-bond donors (Lipinski definition) is 3. The number of rotatable bonds is 10. The highest BCUT2D eigenvalue weighted by Gasteiger charge is 2.57. The molecule has 3 fully saturated rings. The van der Waals surface area contributed by atoms with Crippen molar-refractivity contribution in [1.82, 2.24) is 9.47 Å². The van der Waals surface area contributed by atoms with Gasteiger partial charge in [0.05, 0.1) is 36.4 Å². The molecule has 13 unspecified atom stereocenters. The van der Waals surface area contributed by atoms with E-state index in [4.69, 9.17) is 28.4 Å². The summed E-state index contributed by atoms with van der Waals surface area (Å²) in [6.45, 7) is 11.6. The first-order valence-corrected chi connectivity index (χ1v) is 24.2. The van der Waals surface area contributed by atoms with Gasteiger partial charge < -0.3 is 53.2 Å². The quantitative estimate of drug-likeness (QED) is 0.128. The Balaban J connectivity index is 1.30. The van der Waals surface area contributed by atoms with Crippen LogP contribution in [0.4, 0.5) is 0 Å². The van der Waals surface area contributed by atoms with Crippen LogP contribution in [0.5, 0.6) is 5.75 Å². The molecule has 13 atom stereocenters. The number of allylic oxidation sites excluding steroid dienone is 4. The van der Waals surface area contributed by atoms with Gasteiger partial charge in [-0.15, -0.1) is 0 Å². The smallest absolute Gasteiger partial charge is 0.329 e. The highest BCUT2D eigenvalue weighted by atomic mass is 16.7. The van der Waals surface area contributed by atoms with E-state index in [0.29, 0.717) is 56.4 Å². The monoisotopic (exact) mass is 935 g/mol. The molecule has 6 rings (SSSR count). The van der Waals surface area contributed by atoms with Crippen LogP contribution >= 0.6 is 0 Å². The summed E-state index contributed by atoms with van der Waals surface area (Å²) < 4.78 is 38.8. The number of nitrogens with zero attached hydrogens (tertiary/aromatic N) is 2. The molecule has 2 bridgehead atoms. The molecular weight excluding hydrogens is 861 g/mol. The van der Waals surface area contributed by atoms with Crippen LogP contribution in [0.25, 0.3) is 10.9 Å². The molecule has 15 nitrogen and oxygen atoms in total. The maximum Gasteiger partial charge on any atom is 0.329 e. The number of fused-ring (bicyclic) bond motifs is 4. The second-order valence-electron chi connectivity index (χ2n) is 19.5. The van der Waals surface area contributed by atoms with E-state index in [1.807, 2.05) is 74.9 Å². The second-order valence-corrected chi connectivity index (χ2v) is 19.5. The maximum absolute atomic E-state index is 14.4. The molecule has 1 aromatic heterocycles. The summed E-state index contributed by atoms with van der Waals surface area (Å²) in [5.74, 6) is -7.63. The Kier molecular flexibility index (Phi) is 17.7. The number of ether oxygens (including phenoxy) is 6. The minimum absolute atomic E-state index is 0.00931. The SMILES string of the molecule is CCC1/C=C(\C)CC(C)CC(OC)C2OC(O)(C(=O)C(=O)N3CCCC3C(=O)OC(/C(C)=C/C3CCC(Oc4ccc5ccn(CCO)c5c4)C(OC)C3)C(C)/C(O)=C/C1=O)C(C)CC2OC. The Morgan fingerprint density at radius 1 is 0.940 bits per heavy atom. The van der Waals surface area contributed by atoms with Crippen LogP contribution in [-0.4, -0.2) is 131 Å². The third kappa shape index (κ3) is 11.7. The zero-order valence-electron chi connectivity index (χ0n) is 40.9. The first kappa shape index (κ1) is 52.0. The topological polar surface area (TPSA) is 193 Å². The van der Waals surface area contributed by atoms with Gasteiger partial charge in [0.25, 0.3) is 11.7 Å². The van der Waals surface area contributed by atoms with Crippen LogP contribution in [0.15, 0.2) is 65.6 Å². The van der Waals surface area contributed by atoms with E-state index in [1.54, 1.807) is 21.0 Å². The number of benzene rings is 1. The number of hydrogen-bond acceptors (Lipinski definition) is 13. The van der Waals surface area contributed by atoms with Crippen LogP contribution in [0.2, 0.25) is 0 Å². The summed E-state index contributed by atoms with van der Waals surface area (Å²) in [4.78, 5) is 58.0.